The summed E-state index contributed by atoms with van der Waals surface area (Å²) in [6, 6.07) is 3.32. The molecule has 0 aromatic heterocycles. The molecule has 0 bridgehead atoms. The van der Waals surface area contributed by atoms with E-state index in [2.05, 4.69) is 38.2 Å². The predicted octanol–water partition coefficient (Wildman–Crippen LogP) is 1.56. The molecule has 0 aromatic carbocycles. The van der Waals surface area contributed by atoms with Gasteiger partial charge in [-0.3, -0.25) is 4.79 Å². The van der Waals surface area contributed by atoms with Crippen LogP contribution in [0, 0.1) is 22.7 Å². The highest BCUT2D eigenvalue weighted by Gasteiger charge is 2.37. The van der Waals surface area contributed by atoms with Crippen molar-refractivity contribution in [3.8, 4) is 12.1 Å². The molecule has 0 aliphatic carbocycles. The Balaban J connectivity index is 2.67. The van der Waals surface area contributed by atoms with Crippen molar-refractivity contribution in [2.24, 2.45) is 0 Å². The van der Waals surface area contributed by atoms with Crippen LogP contribution in [0.5, 0.6) is 0 Å². The monoisotopic (exact) mass is 262 g/mol. The van der Waals surface area contributed by atoms with Crippen LogP contribution in [0.4, 0.5) is 0 Å². The summed E-state index contributed by atoms with van der Waals surface area (Å²) in [7, 11) is 0. The van der Waals surface area contributed by atoms with Crippen LogP contribution >= 0.6 is 0 Å². The van der Waals surface area contributed by atoms with Gasteiger partial charge in [-0.05, 0) is 32.6 Å². The number of hydrogen-bond acceptors (Lipinski definition) is 4. The number of amides is 1. The highest BCUT2D eigenvalue weighted by molar-refractivity contribution is 5.80. The van der Waals surface area contributed by atoms with Gasteiger partial charge >= 0.3 is 0 Å². The SMILES string of the molecule is CCC(C)(CC)NCC(=O)N1[C@H](C#N)CC[C@@H]1C#N. The minimum absolute atomic E-state index is 0.0698. The number of nitrogens with zero attached hydrogens (tertiary/aromatic N) is 3. The summed E-state index contributed by atoms with van der Waals surface area (Å²) in [5, 5.41) is 21.3. The van der Waals surface area contributed by atoms with Gasteiger partial charge in [0.1, 0.15) is 12.1 Å². The second-order valence-electron chi connectivity index (χ2n) is 5.29. The zero-order chi connectivity index (χ0) is 14.5. The summed E-state index contributed by atoms with van der Waals surface area (Å²) in [6.07, 6.45) is 3.05. The van der Waals surface area contributed by atoms with E-state index in [1.807, 2.05) is 0 Å². The second-order valence-corrected chi connectivity index (χ2v) is 5.29. The zero-order valence-electron chi connectivity index (χ0n) is 11.9. The Morgan fingerprint density at radius 2 is 1.74 bits per heavy atom. The number of carbonyl (C=O) groups excluding carboxylic acids is 1. The maximum absolute atomic E-state index is 12.2. The number of carbonyl (C=O) groups is 1. The van der Waals surface area contributed by atoms with Crippen molar-refractivity contribution < 1.29 is 4.79 Å². The van der Waals surface area contributed by atoms with Crippen molar-refractivity contribution in [1.29, 1.82) is 10.5 Å². The molecular weight excluding hydrogens is 240 g/mol. The quantitative estimate of drug-likeness (QED) is 0.815. The van der Waals surface area contributed by atoms with E-state index < -0.39 is 12.1 Å². The van der Waals surface area contributed by atoms with Crippen LogP contribution in [-0.2, 0) is 4.79 Å². The molecule has 0 unspecified atom stereocenters. The third-order valence-corrected chi connectivity index (χ3v) is 4.20. The number of hydrogen-bond donors (Lipinski definition) is 1. The van der Waals surface area contributed by atoms with E-state index in [1.165, 1.54) is 4.90 Å². The van der Waals surface area contributed by atoms with Gasteiger partial charge in [0.2, 0.25) is 5.91 Å². The lowest BCUT2D eigenvalue weighted by molar-refractivity contribution is -0.131. The lowest BCUT2D eigenvalue weighted by Crippen LogP contribution is -2.50. The third kappa shape index (κ3) is 3.45. The maximum Gasteiger partial charge on any atom is 0.238 e. The van der Waals surface area contributed by atoms with E-state index in [-0.39, 0.29) is 18.0 Å². The van der Waals surface area contributed by atoms with Gasteiger partial charge in [0.15, 0.2) is 0 Å². The fraction of sp³-hybridized carbons (Fsp3) is 0.786. The molecule has 104 valence electrons. The van der Waals surface area contributed by atoms with E-state index in [1.54, 1.807) is 0 Å². The molecule has 1 aliphatic rings. The second kappa shape index (κ2) is 6.54. The van der Waals surface area contributed by atoms with Crippen LogP contribution in [0.1, 0.15) is 46.5 Å². The van der Waals surface area contributed by atoms with Crippen LogP contribution in [0.2, 0.25) is 0 Å². The molecule has 19 heavy (non-hydrogen) atoms. The van der Waals surface area contributed by atoms with Gasteiger partial charge in [-0.15, -0.1) is 0 Å². The molecule has 2 atom stereocenters. The highest BCUT2D eigenvalue weighted by atomic mass is 16.2. The van der Waals surface area contributed by atoms with Gasteiger partial charge in [-0.1, -0.05) is 13.8 Å². The van der Waals surface area contributed by atoms with Gasteiger partial charge in [0.25, 0.3) is 0 Å². The molecule has 0 radical (unpaired) electrons. The van der Waals surface area contributed by atoms with Gasteiger partial charge in [0, 0.05) is 5.54 Å². The standard InChI is InChI=1S/C14H22N4O/c1-4-14(3,5-2)17-10-13(19)18-11(8-15)6-7-12(18)9-16/h11-12,17H,4-7,10H2,1-3H3/t11-,12+. The summed E-state index contributed by atoms with van der Waals surface area (Å²) >= 11 is 0. The summed E-state index contributed by atoms with van der Waals surface area (Å²) in [4.78, 5) is 13.7. The molecule has 0 spiro atoms. The molecule has 1 N–H and O–H groups in total. The molecule has 0 saturated carbocycles. The van der Waals surface area contributed by atoms with Crippen molar-refractivity contribution >= 4 is 5.91 Å². The van der Waals surface area contributed by atoms with Crippen LogP contribution < -0.4 is 5.32 Å². The Bertz CT molecular complexity index is 381. The maximum atomic E-state index is 12.2. The fourth-order valence-electron chi connectivity index (χ4n) is 2.29. The molecule has 1 amide bonds. The molecule has 5 nitrogen and oxygen atoms in total. The van der Waals surface area contributed by atoms with E-state index in [0.29, 0.717) is 12.8 Å². The minimum Gasteiger partial charge on any atom is -0.310 e. The average Bonchev–Trinajstić information content (AvgIpc) is 2.87. The van der Waals surface area contributed by atoms with E-state index in [0.717, 1.165) is 12.8 Å². The molecule has 0 aromatic rings. The number of nitriles is 2. The molecule has 1 fully saturated rings. The van der Waals surface area contributed by atoms with Crippen molar-refractivity contribution in [3.63, 3.8) is 0 Å². The molecule has 1 rings (SSSR count). The number of rotatable bonds is 5. The molecule has 5 heteroatoms. The Labute approximate surface area is 115 Å². The first-order valence-electron chi connectivity index (χ1n) is 6.86. The van der Waals surface area contributed by atoms with Crippen molar-refractivity contribution in [1.82, 2.24) is 10.2 Å². The Morgan fingerprint density at radius 1 is 1.26 bits per heavy atom. The third-order valence-electron chi connectivity index (χ3n) is 4.20. The summed E-state index contributed by atoms with van der Waals surface area (Å²) in [5.74, 6) is -0.149. The molecule has 1 heterocycles. The lowest BCUT2D eigenvalue weighted by Gasteiger charge is -2.30. The molecule has 1 saturated heterocycles. The van der Waals surface area contributed by atoms with E-state index in [4.69, 9.17) is 10.5 Å². The first-order chi connectivity index (χ1) is 9.01. The Hall–Kier alpha value is -1.59. The van der Waals surface area contributed by atoms with E-state index >= 15 is 0 Å². The van der Waals surface area contributed by atoms with Gasteiger partial charge in [-0.25, -0.2) is 0 Å². The van der Waals surface area contributed by atoms with Crippen LogP contribution in [0.15, 0.2) is 0 Å². The molecule has 1 aliphatic heterocycles. The van der Waals surface area contributed by atoms with Crippen molar-refractivity contribution in [2.75, 3.05) is 6.54 Å². The molecular formula is C14H22N4O. The van der Waals surface area contributed by atoms with E-state index in [9.17, 15) is 4.79 Å². The number of nitrogens with one attached hydrogen (secondary N) is 1. The number of likely N-dealkylation sites (tertiary alicyclic amines) is 1. The largest absolute Gasteiger partial charge is 0.310 e. The summed E-state index contributed by atoms with van der Waals surface area (Å²) in [5.41, 5.74) is -0.0698. The van der Waals surface area contributed by atoms with Crippen LogP contribution in [-0.4, -0.2) is 35.0 Å². The average molecular weight is 262 g/mol. The Kier molecular flexibility index (Phi) is 5.32. The van der Waals surface area contributed by atoms with Crippen molar-refractivity contribution in [3.05, 3.63) is 0 Å². The summed E-state index contributed by atoms with van der Waals surface area (Å²) < 4.78 is 0. The minimum atomic E-state index is -0.451. The predicted molar refractivity (Wildman–Crippen MR) is 71.9 cm³/mol. The zero-order valence-corrected chi connectivity index (χ0v) is 11.9. The van der Waals surface area contributed by atoms with Gasteiger partial charge in [0.05, 0.1) is 18.7 Å². The first-order valence-corrected chi connectivity index (χ1v) is 6.86. The van der Waals surface area contributed by atoms with Gasteiger partial charge < -0.3 is 10.2 Å². The van der Waals surface area contributed by atoms with Crippen LogP contribution in [0.3, 0.4) is 0 Å². The normalized spacial score (nSPS) is 22.9. The van der Waals surface area contributed by atoms with Gasteiger partial charge in [-0.2, -0.15) is 10.5 Å². The lowest BCUT2D eigenvalue weighted by atomic mass is 9.95. The highest BCUT2D eigenvalue weighted by Crippen LogP contribution is 2.23. The topological polar surface area (TPSA) is 79.9 Å². The van der Waals surface area contributed by atoms with Crippen molar-refractivity contribution in [2.45, 2.75) is 64.1 Å². The fourth-order valence-corrected chi connectivity index (χ4v) is 2.29. The van der Waals surface area contributed by atoms with Crippen LogP contribution in [0.25, 0.3) is 0 Å². The smallest absolute Gasteiger partial charge is 0.238 e. The Morgan fingerprint density at radius 3 is 2.11 bits per heavy atom. The first kappa shape index (κ1) is 15.5. The summed E-state index contributed by atoms with van der Waals surface area (Å²) in [6.45, 7) is 6.42.